The number of carbonyl (C=O) groups is 1. The van der Waals surface area contributed by atoms with Crippen LogP contribution in [-0.4, -0.2) is 23.3 Å². The average Bonchev–Trinajstić information content (AvgIpc) is 2.98. The zero-order chi connectivity index (χ0) is 17.6. The Kier molecular flexibility index (Phi) is 5.94. The van der Waals surface area contributed by atoms with Crippen LogP contribution in [0.2, 0.25) is 0 Å². The number of thioether (sulfide) groups is 1. The Hall–Kier alpha value is -2.05. The van der Waals surface area contributed by atoms with Gasteiger partial charge in [-0.25, -0.2) is 4.98 Å². The van der Waals surface area contributed by atoms with Gasteiger partial charge in [0, 0.05) is 4.90 Å². The van der Waals surface area contributed by atoms with Crippen molar-refractivity contribution in [3.8, 4) is 5.75 Å². The van der Waals surface area contributed by atoms with Crippen LogP contribution in [0.1, 0.15) is 19.4 Å². The zero-order valence-electron chi connectivity index (χ0n) is 14.2. The Labute approximate surface area is 155 Å². The Morgan fingerprint density at radius 1 is 1.20 bits per heavy atom. The van der Waals surface area contributed by atoms with Crippen LogP contribution in [0.15, 0.2) is 47.4 Å². The molecule has 1 aromatic heterocycles. The second-order valence-electron chi connectivity index (χ2n) is 5.38. The van der Waals surface area contributed by atoms with Crippen molar-refractivity contribution < 1.29 is 9.53 Å². The maximum atomic E-state index is 12.3. The van der Waals surface area contributed by atoms with Gasteiger partial charge in [-0.15, -0.1) is 11.8 Å². The molecule has 1 N–H and O–H groups in total. The molecule has 0 fully saturated rings. The van der Waals surface area contributed by atoms with Crippen LogP contribution in [0, 0.1) is 0 Å². The topological polar surface area (TPSA) is 51.2 Å². The van der Waals surface area contributed by atoms with Crippen molar-refractivity contribution in [3.63, 3.8) is 0 Å². The molecule has 0 aliphatic rings. The van der Waals surface area contributed by atoms with Crippen LogP contribution in [-0.2, 0) is 11.2 Å². The molecule has 0 aliphatic carbocycles. The first-order valence-corrected chi connectivity index (χ1v) is 10.0. The molecule has 0 radical (unpaired) electrons. The molecule has 0 atom stereocenters. The van der Waals surface area contributed by atoms with Crippen molar-refractivity contribution in [2.45, 2.75) is 25.2 Å². The molecule has 25 heavy (non-hydrogen) atoms. The summed E-state index contributed by atoms with van der Waals surface area (Å²) in [4.78, 5) is 18.0. The van der Waals surface area contributed by atoms with Crippen molar-refractivity contribution in [3.05, 3.63) is 48.0 Å². The molecule has 6 heteroatoms. The summed E-state index contributed by atoms with van der Waals surface area (Å²) in [6.07, 6.45) is 0.344. The number of benzene rings is 2. The summed E-state index contributed by atoms with van der Waals surface area (Å²) in [5.41, 5.74) is 1.86. The van der Waals surface area contributed by atoms with Crippen LogP contribution in [0.4, 0.5) is 5.13 Å². The summed E-state index contributed by atoms with van der Waals surface area (Å²) in [5.74, 6) is 1.81. The van der Waals surface area contributed by atoms with Crippen LogP contribution in [0.25, 0.3) is 10.2 Å². The molecule has 0 bridgehead atoms. The second kappa shape index (κ2) is 8.36. The number of rotatable bonds is 7. The molecule has 0 aliphatic heterocycles. The summed E-state index contributed by atoms with van der Waals surface area (Å²) in [6.45, 7) is 4.71. The minimum absolute atomic E-state index is 0.0556. The van der Waals surface area contributed by atoms with Gasteiger partial charge >= 0.3 is 0 Å². The Morgan fingerprint density at radius 3 is 2.72 bits per heavy atom. The SMILES string of the molecule is CCOc1ccc2nc(NC(=O)Cc3ccc(SCC)cc3)sc2c1. The first kappa shape index (κ1) is 17.8. The molecule has 130 valence electrons. The van der Waals surface area contributed by atoms with Crippen molar-refractivity contribution in [1.82, 2.24) is 4.98 Å². The van der Waals surface area contributed by atoms with Crippen LogP contribution < -0.4 is 10.1 Å². The van der Waals surface area contributed by atoms with E-state index in [9.17, 15) is 4.79 Å². The number of thiazole rings is 1. The van der Waals surface area contributed by atoms with Crippen molar-refractivity contribution >= 4 is 44.4 Å². The smallest absolute Gasteiger partial charge is 0.230 e. The van der Waals surface area contributed by atoms with E-state index >= 15 is 0 Å². The van der Waals surface area contributed by atoms with Gasteiger partial charge in [-0.1, -0.05) is 30.4 Å². The second-order valence-corrected chi connectivity index (χ2v) is 7.75. The van der Waals surface area contributed by atoms with Gasteiger partial charge in [0.05, 0.1) is 23.2 Å². The molecule has 3 aromatic rings. The fourth-order valence-electron chi connectivity index (χ4n) is 2.43. The monoisotopic (exact) mass is 372 g/mol. The fraction of sp³-hybridized carbons (Fsp3) is 0.263. The lowest BCUT2D eigenvalue weighted by Crippen LogP contribution is -2.14. The molecule has 0 unspecified atom stereocenters. The molecule has 0 saturated carbocycles. The Morgan fingerprint density at radius 2 is 2.00 bits per heavy atom. The summed E-state index contributed by atoms with van der Waals surface area (Å²) in [6, 6.07) is 13.9. The third-order valence-electron chi connectivity index (χ3n) is 3.52. The minimum atomic E-state index is -0.0556. The fourth-order valence-corrected chi connectivity index (χ4v) is 4.01. The normalized spacial score (nSPS) is 10.8. The van der Waals surface area contributed by atoms with Gasteiger partial charge in [0.2, 0.25) is 5.91 Å². The lowest BCUT2D eigenvalue weighted by Gasteiger charge is -2.03. The number of hydrogen-bond donors (Lipinski definition) is 1. The van der Waals surface area contributed by atoms with Gasteiger partial charge in [-0.05, 0) is 48.6 Å². The minimum Gasteiger partial charge on any atom is -0.494 e. The molecule has 2 aromatic carbocycles. The maximum absolute atomic E-state index is 12.3. The van der Waals surface area contributed by atoms with E-state index in [4.69, 9.17) is 4.74 Å². The van der Waals surface area contributed by atoms with Crippen molar-refractivity contribution in [2.75, 3.05) is 17.7 Å². The first-order chi connectivity index (χ1) is 12.2. The van der Waals surface area contributed by atoms with Gasteiger partial charge in [-0.2, -0.15) is 0 Å². The Bertz CT molecular complexity index is 859. The standard InChI is InChI=1S/C19H20N2O2S2/c1-3-23-14-7-10-16-17(12-14)25-19(20-16)21-18(22)11-13-5-8-15(9-6-13)24-4-2/h5-10,12H,3-4,11H2,1-2H3,(H,20,21,22). The first-order valence-electron chi connectivity index (χ1n) is 8.23. The molecule has 0 saturated heterocycles. The van der Waals surface area contributed by atoms with E-state index in [1.54, 1.807) is 11.8 Å². The molecule has 0 spiro atoms. The summed E-state index contributed by atoms with van der Waals surface area (Å²) in [7, 11) is 0. The molecular weight excluding hydrogens is 352 g/mol. The highest BCUT2D eigenvalue weighted by Crippen LogP contribution is 2.29. The maximum Gasteiger partial charge on any atom is 0.230 e. The third-order valence-corrected chi connectivity index (χ3v) is 5.34. The van der Waals surface area contributed by atoms with Gasteiger partial charge < -0.3 is 10.1 Å². The number of anilines is 1. The van der Waals surface area contributed by atoms with E-state index in [2.05, 4.69) is 29.4 Å². The number of ether oxygens (including phenoxy) is 1. The van der Waals surface area contributed by atoms with E-state index in [0.29, 0.717) is 18.2 Å². The molecule has 4 nitrogen and oxygen atoms in total. The van der Waals surface area contributed by atoms with Gasteiger partial charge in [0.25, 0.3) is 0 Å². The Balaban J connectivity index is 1.64. The quantitative estimate of drug-likeness (QED) is 0.594. The number of nitrogens with one attached hydrogen (secondary N) is 1. The summed E-state index contributed by atoms with van der Waals surface area (Å²) >= 11 is 3.25. The lowest BCUT2D eigenvalue weighted by molar-refractivity contribution is -0.115. The highest BCUT2D eigenvalue weighted by atomic mass is 32.2. The summed E-state index contributed by atoms with van der Waals surface area (Å²) in [5, 5.41) is 3.51. The van der Waals surface area contributed by atoms with Crippen LogP contribution in [0.3, 0.4) is 0 Å². The van der Waals surface area contributed by atoms with E-state index in [1.165, 1.54) is 16.2 Å². The van der Waals surface area contributed by atoms with Crippen molar-refractivity contribution in [1.29, 1.82) is 0 Å². The largest absolute Gasteiger partial charge is 0.494 e. The van der Waals surface area contributed by atoms with Gasteiger partial charge in [0.1, 0.15) is 5.75 Å². The molecule has 1 heterocycles. The predicted octanol–water partition coefficient (Wildman–Crippen LogP) is 4.99. The van der Waals surface area contributed by atoms with Crippen LogP contribution >= 0.6 is 23.1 Å². The number of hydrogen-bond acceptors (Lipinski definition) is 5. The predicted molar refractivity (Wildman–Crippen MR) is 106 cm³/mol. The lowest BCUT2D eigenvalue weighted by atomic mass is 10.1. The summed E-state index contributed by atoms with van der Waals surface area (Å²) < 4.78 is 6.50. The van der Waals surface area contributed by atoms with E-state index in [-0.39, 0.29) is 5.91 Å². The zero-order valence-corrected chi connectivity index (χ0v) is 15.9. The number of aromatic nitrogens is 1. The average molecular weight is 373 g/mol. The molecule has 3 rings (SSSR count). The molecule has 1 amide bonds. The van der Waals surface area contributed by atoms with Gasteiger partial charge in [-0.3, -0.25) is 4.79 Å². The highest BCUT2D eigenvalue weighted by molar-refractivity contribution is 7.99. The number of carbonyl (C=O) groups excluding carboxylic acids is 1. The number of nitrogens with zero attached hydrogens (tertiary/aromatic N) is 1. The number of fused-ring (bicyclic) bond motifs is 1. The van der Waals surface area contributed by atoms with E-state index in [0.717, 1.165) is 27.3 Å². The van der Waals surface area contributed by atoms with Crippen molar-refractivity contribution in [2.24, 2.45) is 0 Å². The van der Waals surface area contributed by atoms with E-state index in [1.807, 2.05) is 37.3 Å². The highest BCUT2D eigenvalue weighted by Gasteiger charge is 2.09. The molecular formula is C19H20N2O2S2. The van der Waals surface area contributed by atoms with Gasteiger partial charge in [0.15, 0.2) is 5.13 Å². The number of amides is 1. The van der Waals surface area contributed by atoms with Crippen LogP contribution in [0.5, 0.6) is 5.75 Å². The van der Waals surface area contributed by atoms with E-state index < -0.39 is 0 Å². The third kappa shape index (κ3) is 4.74.